The average Bonchev–Trinajstić information content (AvgIpc) is 3.34. The maximum atomic E-state index is 13.3. The van der Waals surface area contributed by atoms with E-state index in [0.717, 1.165) is 29.1 Å². The summed E-state index contributed by atoms with van der Waals surface area (Å²) in [6.45, 7) is 1.78. The highest BCUT2D eigenvalue weighted by atomic mass is 19.1. The van der Waals surface area contributed by atoms with Gasteiger partial charge in [0.05, 0.1) is 13.2 Å². The van der Waals surface area contributed by atoms with Gasteiger partial charge in [-0.25, -0.2) is 9.18 Å². The highest BCUT2D eigenvalue weighted by molar-refractivity contribution is 6.09. The van der Waals surface area contributed by atoms with Crippen LogP contribution in [-0.4, -0.2) is 47.8 Å². The lowest BCUT2D eigenvalue weighted by Crippen LogP contribution is -2.44. The summed E-state index contributed by atoms with van der Waals surface area (Å²) in [7, 11) is 1.60. The largest absolute Gasteiger partial charge is 0.497 e. The van der Waals surface area contributed by atoms with Gasteiger partial charge in [-0.1, -0.05) is 24.3 Å². The van der Waals surface area contributed by atoms with E-state index in [1.165, 1.54) is 24.3 Å². The number of carbonyl (C=O) groups is 3. The first kappa shape index (κ1) is 20.8. The summed E-state index contributed by atoms with van der Waals surface area (Å²) in [4.78, 5) is 41.3. The van der Waals surface area contributed by atoms with Crippen molar-refractivity contribution >= 4 is 17.8 Å². The molecule has 1 N–H and O–H groups in total. The van der Waals surface area contributed by atoms with Gasteiger partial charge < -0.3 is 15.0 Å². The lowest BCUT2D eigenvalue weighted by molar-refractivity contribution is -0.139. The van der Waals surface area contributed by atoms with Crippen molar-refractivity contribution < 1.29 is 23.5 Å². The predicted octanol–water partition coefficient (Wildman–Crippen LogP) is 2.97. The number of hydrogen-bond acceptors (Lipinski definition) is 4. The third-order valence-corrected chi connectivity index (χ3v) is 6.06. The number of urea groups is 1. The minimum atomic E-state index is -1.34. The lowest BCUT2D eigenvalue weighted by atomic mass is 9.92. The van der Waals surface area contributed by atoms with Gasteiger partial charge in [-0.2, -0.15) is 0 Å². The zero-order valence-corrected chi connectivity index (χ0v) is 17.4. The average molecular weight is 425 g/mol. The second kappa shape index (κ2) is 8.02. The van der Waals surface area contributed by atoms with Crippen LogP contribution < -0.4 is 10.1 Å². The quantitative estimate of drug-likeness (QED) is 0.747. The van der Waals surface area contributed by atoms with Crippen LogP contribution in [0.1, 0.15) is 36.9 Å². The number of amides is 4. The highest BCUT2D eigenvalue weighted by Gasteiger charge is 2.50. The zero-order chi connectivity index (χ0) is 22.2. The number of nitrogens with one attached hydrogen (secondary N) is 1. The van der Waals surface area contributed by atoms with E-state index in [-0.39, 0.29) is 18.5 Å². The second-order valence-corrected chi connectivity index (χ2v) is 7.97. The van der Waals surface area contributed by atoms with Crippen LogP contribution in [0.4, 0.5) is 9.18 Å². The fraction of sp³-hybridized carbons (Fsp3) is 0.348. The first-order valence-corrected chi connectivity index (χ1v) is 10.2. The maximum absolute atomic E-state index is 13.3. The van der Waals surface area contributed by atoms with Crippen molar-refractivity contribution in [3.05, 3.63) is 65.5 Å². The number of nitrogens with zero attached hydrogens (tertiary/aromatic N) is 2. The molecule has 2 fully saturated rings. The fourth-order valence-electron chi connectivity index (χ4n) is 4.28. The van der Waals surface area contributed by atoms with E-state index in [2.05, 4.69) is 5.32 Å². The molecule has 4 rings (SSSR count). The molecule has 2 atom stereocenters. The number of likely N-dealkylation sites (tertiary alicyclic amines) is 1. The summed E-state index contributed by atoms with van der Waals surface area (Å²) in [5, 5.41) is 2.65. The Hall–Kier alpha value is -3.42. The Bertz CT molecular complexity index is 1010. The van der Waals surface area contributed by atoms with E-state index in [4.69, 9.17) is 4.74 Å². The van der Waals surface area contributed by atoms with Crippen LogP contribution in [-0.2, 0) is 15.1 Å². The van der Waals surface area contributed by atoms with Crippen LogP contribution in [0.2, 0.25) is 0 Å². The summed E-state index contributed by atoms with van der Waals surface area (Å²) in [5.74, 6) is -0.517. The molecule has 0 radical (unpaired) electrons. The Kier molecular flexibility index (Phi) is 5.39. The number of carbonyl (C=O) groups excluding carboxylic acids is 3. The Morgan fingerprint density at radius 3 is 2.48 bits per heavy atom. The van der Waals surface area contributed by atoms with Crippen molar-refractivity contribution in [3.63, 3.8) is 0 Å². The van der Waals surface area contributed by atoms with Gasteiger partial charge in [-0.3, -0.25) is 14.5 Å². The van der Waals surface area contributed by atoms with Crippen molar-refractivity contribution in [2.45, 2.75) is 31.3 Å². The molecule has 0 unspecified atom stereocenters. The van der Waals surface area contributed by atoms with Crippen LogP contribution in [0, 0.1) is 5.82 Å². The van der Waals surface area contributed by atoms with Gasteiger partial charge in [0.15, 0.2) is 0 Å². The minimum Gasteiger partial charge on any atom is -0.497 e. The lowest BCUT2D eigenvalue weighted by Gasteiger charge is -2.27. The molecule has 2 aromatic carbocycles. The third-order valence-electron chi connectivity index (χ3n) is 6.06. The molecule has 0 aliphatic carbocycles. The van der Waals surface area contributed by atoms with Crippen molar-refractivity contribution in [1.82, 2.24) is 15.1 Å². The maximum Gasteiger partial charge on any atom is 0.325 e. The van der Waals surface area contributed by atoms with Gasteiger partial charge in [-0.05, 0) is 55.2 Å². The van der Waals surface area contributed by atoms with Gasteiger partial charge in [0.2, 0.25) is 5.91 Å². The van der Waals surface area contributed by atoms with Crippen molar-refractivity contribution in [1.29, 1.82) is 0 Å². The van der Waals surface area contributed by atoms with Gasteiger partial charge in [0.1, 0.15) is 23.7 Å². The SMILES string of the molecule is COc1ccc([C@H]2CCCN2C(=O)CN2C(=O)N[C@@](C)(c3ccc(F)cc3)C2=O)cc1. The number of ether oxygens (including phenoxy) is 1. The normalized spacial score (nSPS) is 23.3. The monoisotopic (exact) mass is 425 g/mol. The highest BCUT2D eigenvalue weighted by Crippen LogP contribution is 2.34. The molecule has 2 aliphatic rings. The fourth-order valence-corrected chi connectivity index (χ4v) is 4.28. The Labute approximate surface area is 179 Å². The summed E-state index contributed by atoms with van der Waals surface area (Å²) in [6.07, 6.45) is 1.65. The molecule has 0 aromatic heterocycles. The molecule has 2 heterocycles. The topological polar surface area (TPSA) is 79.0 Å². The summed E-state index contributed by atoms with van der Waals surface area (Å²) < 4.78 is 18.5. The molecule has 2 saturated heterocycles. The summed E-state index contributed by atoms with van der Waals surface area (Å²) >= 11 is 0. The number of halogens is 1. The number of rotatable bonds is 5. The molecular weight excluding hydrogens is 401 g/mol. The van der Waals surface area contributed by atoms with Crippen LogP contribution in [0.5, 0.6) is 5.75 Å². The number of hydrogen-bond donors (Lipinski definition) is 1. The smallest absolute Gasteiger partial charge is 0.325 e. The first-order chi connectivity index (χ1) is 14.8. The minimum absolute atomic E-state index is 0.109. The van der Waals surface area contributed by atoms with Crippen LogP contribution in [0.15, 0.2) is 48.5 Å². The van der Waals surface area contributed by atoms with Crippen molar-refractivity contribution in [3.8, 4) is 5.75 Å². The van der Waals surface area contributed by atoms with E-state index in [1.807, 2.05) is 24.3 Å². The van der Waals surface area contributed by atoms with Crippen LogP contribution in [0.3, 0.4) is 0 Å². The molecule has 4 amide bonds. The number of methoxy groups -OCH3 is 1. The van der Waals surface area contributed by atoms with E-state index in [9.17, 15) is 18.8 Å². The zero-order valence-electron chi connectivity index (χ0n) is 17.4. The summed E-state index contributed by atoms with van der Waals surface area (Å²) in [5.41, 5.74) is 0.102. The van der Waals surface area contributed by atoms with Crippen molar-refractivity contribution in [2.24, 2.45) is 0 Å². The van der Waals surface area contributed by atoms with E-state index in [1.54, 1.807) is 18.9 Å². The van der Waals surface area contributed by atoms with Gasteiger partial charge >= 0.3 is 6.03 Å². The second-order valence-electron chi connectivity index (χ2n) is 7.97. The van der Waals surface area contributed by atoms with E-state index >= 15 is 0 Å². The van der Waals surface area contributed by atoms with Gasteiger partial charge in [-0.15, -0.1) is 0 Å². The molecule has 0 bridgehead atoms. The molecular formula is C23H24FN3O4. The standard InChI is InChI=1S/C23H24FN3O4/c1-23(16-7-9-17(24)10-8-16)21(29)27(22(30)25-23)14-20(28)26-13-3-4-19(26)15-5-11-18(31-2)12-6-15/h5-12,19H,3-4,13-14H2,1-2H3,(H,25,30)/t19-,23+/m1/s1. The molecule has 31 heavy (non-hydrogen) atoms. The van der Waals surface area contributed by atoms with Crippen LogP contribution in [0.25, 0.3) is 0 Å². The predicted molar refractivity (Wildman–Crippen MR) is 111 cm³/mol. The Morgan fingerprint density at radius 2 is 1.84 bits per heavy atom. The molecule has 0 spiro atoms. The number of imide groups is 1. The summed E-state index contributed by atoms with van der Waals surface area (Å²) in [6, 6.07) is 12.2. The van der Waals surface area contributed by atoms with Crippen LogP contribution >= 0.6 is 0 Å². The van der Waals surface area contributed by atoms with E-state index < -0.39 is 23.3 Å². The molecule has 7 nitrogen and oxygen atoms in total. The molecule has 2 aliphatic heterocycles. The molecule has 0 saturated carbocycles. The first-order valence-electron chi connectivity index (χ1n) is 10.2. The van der Waals surface area contributed by atoms with Gasteiger partial charge in [0, 0.05) is 6.54 Å². The molecule has 162 valence electrons. The molecule has 2 aromatic rings. The molecule has 8 heteroatoms. The van der Waals surface area contributed by atoms with Crippen molar-refractivity contribution in [2.75, 3.05) is 20.2 Å². The Morgan fingerprint density at radius 1 is 1.16 bits per heavy atom. The van der Waals surface area contributed by atoms with Gasteiger partial charge in [0.25, 0.3) is 5.91 Å². The Balaban J connectivity index is 1.50. The third kappa shape index (κ3) is 3.73. The number of benzene rings is 2. The van der Waals surface area contributed by atoms with E-state index in [0.29, 0.717) is 12.1 Å².